The number of aryl methyl sites for hydroxylation is 1. The standard InChI is InChI=1S/C25H25N3OS/c1-17-7-8-19-14-20-15-23(30-25(20)27-22(19)13-17)24(29)26-21-9-11-28(12-10-21)16-18-5-3-2-4-6-18/h2-8,13-15,21H,9-12,16H2,1H3,(H,26,29). The molecule has 1 aliphatic heterocycles. The van der Waals surface area contributed by atoms with Crippen molar-refractivity contribution < 1.29 is 4.79 Å². The lowest BCUT2D eigenvalue weighted by Gasteiger charge is -2.32. The number of carbonyl (C=O) groups is 1. The predicted octanol–water partition coefficient (Wildman–Crippen LogP) is 5.15. The van der Waals surface area contributed by atoms with Crippen LogP contribution in [0.5, 0.6) is 0 Å². The van der Waals surface area contributed by atoms with Crippen LogP contribution in [0, 0.1) is 6.92 Å². The number of thiophene rings is 1. The third kappa shape index (κ3) is 4.09. The highest BCUT2D eigenvalue weighted by atomic mass is 32.1. The second kappa shape index (κ2) is 8.17. The summed E-state index contributed by atoms with van der Waals surface area (Å²) >= 11 is 1.48. The van der Waals surface area contributed by atoms with Crippen molar-refractivity contribution in [2.24, 2.45) is 0 Å². The fourth-order valence-electron chi connectivity index (χ4n) is 4.18. The molecule has 1 aliphatic rings. The van der Waals surface area contributed by atoms with Gasteiger partial charge in [-0.1, -0.05) is 42.5 Å². The van der Waals surface area contributed by atoms with Gasteiger partial charge in [-0.05, 0) is 49.1 Å². The van der Waals surface area contributed by atoms with E-state index in [1.165, 1.54) is 22.5 Å². The van der Waals surface area contributed by atoms with Crippen LogP contribution in [0.25, 0.3) is 21.1 Å². The quantitative estimate of drug-likeness (QED) is 0.501. The summed E-state index contributed by atoms with van der Waals surface area (Å²) < 4.78 is 0. The molecule has 0 bridgehead atoms. The molecule has 2 aromatic carbocycles. The van der Waals surface area contributed by atoms with Gasteiger partial charge < -0.3 is 5.32 Å². The highest BCUT2D eigenvalue weighted by Gasteiger charge is 2.22. The molecular weight excluding hydrogens is 390 g/mol. The van der Waals surface area contributed by atoms with Crippen LogP contribution in [0.1, 0.15) is 33.6 Å². The van der Waals surface area contributed by atoms with Crippen LogP contribution in [0.2, 0.25) is 0 Å². The van der Waals surface area contributed by atoms with Crippen molar-refractivity contribution in [1.29, 1.82) is 0 Å². The van der Waals surface area contributed by atoms with Gasteiger partial charge in [0.2, 0.25) is 0 Å². The first-order valence-electron chi connectivity index (χ1n) is 10.5. The number of likely N-dealkylation sites (tertiary alicyclic amines) is 1. The van der Waals surface area contributed by atoms with Crippen LogP contribution in [-0.4, -0.2) is 34.9 Å². The van der Waals surface area contributed by atoms with Crippen LogP contribution in [-0.2, 0) is 6.54 Å². The first-order valence-corrected chi connectivity index (χ1v) is 11.3. The number of piperidine rings is 1. The van der Waals surface area contributed by atoms with Crippen molar-refractivity contribution in [2.45, 2.75) is 32.4 Å². The Morgan fingerprint density at radius 2 is 1.87 bits per heavy atom. The number of nitrogens with zero attached hydrogens (tertiary/aromatic N) is 2. The summed E-state index contributed by atoms with van der Waals surface area (Å²) in [6.07, 6.45) is 1.98. The molecule has 0 spiro atoms. The molecule has 30 heavy (non-hydrogen) atoms. The third-order valence-electron chi connectivity index (χ3n) is 5.85. The number of rotatable bonds is 4. The van der Waals surface area contributed by atoms with Gasteiger partial charge in [-0.2, -0.15) is 0 Å². The van der Waals surface area contributed by atoms with E-state index in [0.717, 1.165) is 58.5 Å². The zero-order chi connectivity index (χ0) is 20.5. The molecule has 1 amide bonds. The van der Waals surface area contributed by atoms with Gasteiger partial charge in [-0.25, -0.2) is 4.98 Å². The zero-order valence-corrected chi connectivity index (χ0v) is 17.9. The van der Waals surface area contributed by atoms with E-state index >= 15 is 0 Å². The molecule has 4 nitrogen and oxygen atoms in total. The van der Waals surface area contributed by atoms with Gasteiger partial charge in [0.05, 0.1) is 10.4 Å². The zero-order valence-electron chi connectivity index (χ0n) is 17.1. The van der Waals surface area contributed by atoms with Crippen molar-refractivity contribution in [3.8, 4) is 0 Å². The molecule has 0 atom stereocenters. The van der Waals surface area contributed by atoms with E-state index in [0.29, 0.717) is 0 Å². The van der Waals surface area contributed by atoms with Crippen molar-refractivity contribution >= 4 is 38.4 Å². The van der Waals surface area contributed by atoms with Crippen molar-refractivity contribution in [1.82, 2.24) is 15.2 Å². The topological polar surface area (TPSA) is 45.2 Å². The second-order valence-corrected chi connectivity index (χ2v) is 9.23. The molecule has 3 heterocycles. The summed E-state index contributed by atoms with van der Waals surface area (Å²) in [5.41, 5.74) is 3.53. The van der Waals surface area contributed by atoms with E-state index < -0.39 is 0 Å². The highest BCUT2D eigenvalue weighted by Crippen LogP contribution is 2.28. The lowest BCUT2D eigenvalue weighted by Crippen LogP contribution is -2.44. The number of carbonyl (C=O) groups excluding carboxylic acids is 1. The second-order valence-electron chi connectivity index (χ2n) is 8.20. The summed E-state index contributed by atoms with van der Waals surface area (Å²) in [5, 5.41) is 5.40. The van der Waals surface area contributed by atoms with E-state index in [1.54, 1.807) is 0 Å². The molecule has 0 radical (unpaired) electrons. The number of amides is 1. The Labute approximate surface area is 180 Å². The number of hydrogen-bond donors (Lipinski definition) is 1. The maximum atomic E-state index is 12.9. The van der Waals surface area contributed by atoms with Crippen LogP contribution >= 0.6 is 11.3 Å². The number of fused-ring (bicyclic) bond motifs is 2. The Hall–Kier alpha value is -2.76. The fourth-order valence-corrected chi connectivity index (χ4v) is 5.11. The molecule has 2 aromatic heterocycles. The van der Waals surface area contributed by atoms with Gasteiger partial charge in [0.15, 0.2) is 0 Å². The largest absolute Gasteiger partial charge is 0.349 e. The molecule has 0 aliphatic carbocycles. The first kappa shape index (κ1) is 19.2. The van der Waals surface area contributed by atoms with Crippen LogP contribution in [0.3, 0.4) is 0 Å². The van der Waals surface area contributed by atoms with Crippen molar-refractivity contribution in [2.75, 3.05) is 13.1 Å². The summed E-state index contributed by atoms with van der Waals surface area (Å²) in [7, 11) is 0. The van der Waals surface area contributed by atoms with Gasteiger partial charge in [0, 0.05) is 36.4 Å². The van der Waals surface area contributed by atoms with Gasteiger partial charge in [0.25, 0.3) is 5.91 Å². The van der Waals surface area contributed by atoms with E-state index in [9.17, 15) is 4.79 Å². The van der Waals surface area contributed by atoms with Crippen molar-refractivity contribution in [3.63, 3.8) is 0 Å². The average molecular weight is 416 g/mol. The van der Waals surface area contributed by atoms with E-state index in [4.69, 9.17) is 4.98 Å². The molecule has 1 saturated heterocycles. The molecule has 152 valence electrons. The Kier molecular flexibility index (Phi) is 5.23. The van der Waals surface area contributed by atoms with Gasteiger partial charge >= 0.3 is 0 Å². The summed E-state index contributed by atoms with van der Waals surface area (Å²) in [5.74, 6) is 0.0275. The number of pyridine rings is 1. The molecule has 0 saturated carbocycles. The summed E-state index contributed by atoms with van der Waals surface area (Å²) in [6.45, 7) is 5.08. The molecule has 1 fully saturated rings. The van der Waals surface area contributed by atoms with Crippen molar-refractivity contribution in [3.05, 3.63) is 76.7 Å². The number of benzene rings is 2. The Morgan fingerprint density at radius 3 is 2.67 bits per heavy atom. The summed E-state index contributed by atoms with van der Waals surface area (Å²) in [6, 6.07) is 21.2. The first-order chi connectivity index (χ1) is 14.6. The molecule has 5 rings (SSSR count). The Bertz CT molecular complexity index is 1190. The summed E-state index contributed by atoms with van der Waals surface area (Å²) in [4.78, 5) is 21.8. The molecule has 1 N–H and O–H groups in total. The minimum Gasteiger partial charge on any atom is -0.349 e. The SMILES string of the molecule is Cc1ccc2cc3cc(C(=O)NC4CCN(Cc5ccccc5)CC4)sc3nc2c1. The molecule has 5 heteroatoms. The van der Waals surface area contributed by atoms with E-state index in [2.05, 4.69) is 71.7 Å². The average Bonchev–Trinajstić information content (AvgIpc) is 3.17. The minimum atomic E-state index is 0.0275. The van der Waals surface area contributed by atoms with Gasteiger partial charge in [-0.15, -0.1) is 11.3 Å². The number of nitrogens with one attached hydrogen (secondary N) is 1. The molecular formula is C25H25N3OS. The van der Waals surface area contributed by atoms with Crippen LogP contribution < -0.4 is 5.32 Å². The fraction of sp³-hybridized carbons (Fsp3) is 0.280. The maximum Gasteiger partial charge on any atom is 0.261 e. The lowest BCUT2D eigenvalue weighted by molar-refractivity contribution is 0.0913. The minimum absolute atomic E-state index is 0.0275. The van der Waals surface area contributed by atoms with Crippen LogP contribution in [0.15, 0.2) is 60.7 Å². The Balaban J connectivity index is 1.23. The van der Waals surface area contributed by atoms with Gasteiger partial charge in [-0.3, -0.25) is 9.69 Å². The predicted molar refractivity (Wildman–Crippen MR) is 124 cm³/mol. The normalized spacial score (nSPS) is 15.6. The third-order valence-corrected chi connectivity index (χ3v) is 6.90. The lowest BCUT2D eigenvalue weighted by atomic mass is 10.0. The van der Waals surface area contributed by atoms with Gasteiger partial charge in [0.1, 0.15) is 4.83 Å². The maximum absolute atomic E-state index is 12.9. The molecule has 4 aromatic rings. The van der Waals surface area contributed by atoms with E-state index in [1.807, 2.05) is 6.07 Å². The Morgan fingerprint density at radius 1 is 1.07 bits per heavy atom. The van der Waals surface area contributed by atoms with Crippen LogP contribution in [0.4, 0.5) is 0 Å². The monoisotopic (exact) mass is 415 g/mol. The number of hydrogen-bond acceptors (Lipinski definition) is 4. The molecule has 0 unspecified atom stereocenters. The smallest absolute Gasteiger partial charge is 0.261 e. The highest BCUT2D eigenvalue weighted by molar-refractivity contribution is 7.20. The number of aromatic nitrogens is 1. The van der Waals surface area contributed by atoms with E-state index in [-0.39, 0.29) is 11.9 Å².